The number of hydrogen-bond donors (Lipinski definition) is 1. The molecule has 1 saturated heterocycles. The summed E-state index contributed by atoms with van der Waals surface area (Å²) in [6.07, 6.45) is 1.96. The van der Waals surface area contributed by atoms with Crippen molar-refractivity contribution in [2.24, 2.45) is 5.92 Å². The molecule has 2 fully saturated rings. The minimum atomic E-state index is -0.693. The molecule has 3 unspecified atom stereocenters. The van der Waals surface area contributed by atoms with Crippen LogP contribution in [0.5, 0.6) is 0 Å². The van der Waals surface area contributed by atoms with Crippen molar-refractivity contribution in [1.82, 2.24) is 10.2 Å². The standard InChI is InChI=1S/C14H21BN3O3.Y/c1-8-6-11(18(7-8)13(21)9(2)17-15)12(20)16-14(4-5-14)10(3)19;/h8-9,11H,4-7H2,1-3H3,(H,16,20);/q-1;+3. The zero-order chi connectivity index (χ0) is 15.8. The second kappa shape index (κ2) is 7.54. The fourth-order valence-corrected chi connectivity index (χ4v) is 2.85. The maximum Gasteiger partial charge on any atom is 3.00 e. The van der Waals surface area contributed by atoms with Crippen molar-refractivity contribution in [2.45, 2.75) is 57.7 Å². The van der Waals surface area contributed by atoms with Crippen LogP contribution in [0.2, 0.25) is 0 Å². The molecule has 1 aliphatic carbocycles. The fourth-order valence-electron chi connectivity index (χ4n) is 2.85. The molecular weight excluding hydrogens is 358 g/mol. The van der Waals surface area contributed by atoms with Crippen molar-refractivity contribution >= 4 is 25.6 Å². The summed E-state index contributed by atoms with van der Waals surface area (Å²) in [5.74, 6) is -0.272. The summed E-state index contributed by atoms with van der Waals surface area (Å²) >= 11 is 0. The van der Waals surface area contributed by atoms with E-state index in [2.05, 4.69) is 10.5 Å². The third-order valence-corrected chi connectivity index (χ3v) is 4.46. The van der Waals surface area contributed by atoms with Crippen molar-refractivity contribution in [3.05, 3.63) is 5.23 Å². The van der Waals surface area contributed by atoms with Crippen LogP contribution in [0.25, 0.3) is 5.23 Å². The minimum Gasteiger partial charge on any atom is -0.690 e. The quantitative estimate of drug-likeness (QED) is 0.699. The second-order valence-electron chi connectivity index (χ2n) is 6.30. The number of carbonyl (C=O) groups is 3. The molecule has 2 aliphatic rings. The summed E-state index contributed by atoms with van der Waals surface area (Å²) in [7, 11) is 5.18. The molecule has 0 aromatic carbocycles. The Kier molecular flexibility index (Phi) is 6.78. The molecule has 1 N–H and O–H groups in total. The van der Waals surface area contributed by atoms with Crippen LogP contribution in [0.4, 0.5) is 0 Å². The van der Waals surface area contributed by atoms with E-state index in [0.717, 1.165) is 0 Å². The molecule has 0 aromatic heterocycles. The summed E-state index contributed by atoms with van der Waals surface area (Å²) in [5.41, 5.74) is -0.693. The van der Waals surface area contributed by atoms with E-state index in [4.69, 9.17) is 7.98 Å². The number of Topliss-reactive ketones (excluding diaryl/α,β-unsaturated/α-hetero) is 1. The van der Waals surface area contributed by atoms with Gasteiger partial charge in [-0.15, -0.1) is 7.98 Å². The molecule has 1 saturated carbocycles. The van der Waals surface area contributed by atoms with Crippen molar-refractivity contribution in [1.29, 1.82) is 0 Å². The smallest absolute Gasteiger partial charge is 0.690 e. The predicted molar refractivity (Wildman–Crippen MR) is 78.6 cm³/mol. The van der Waals surface area contributed by atoms with Gasteiger partial charge < -0.3 is 15.4 Å². The second-order valence-corrected chi connectivity index (χ2v) is 6.30. The van der Waals surface area contributed by atoms with Crippen LogP contribution in [0.3, 0.4) is 0 Å². The molecule has 1 heterocycles. The molecule has 3 atom stereocenters. The zero-order valence-corrected chi connectivity index (χ0v) is 16.2. The first-order valence-corrected chi connectivity index (χ1v) is 7.34. The molecule has 0 aromatic rings. The van der Waals surface area contributed by atoms with Gasteiger partial charge in [-0.1, -0.05) is 19.9 Å². The Morgan fingerprint density at radius 1 is 1.36 bits per heavy atom. The first-order valence-electron chi connectivity index (χ1n) is 7.34. The number of nitrogens with zero attached hydrogens (tertiary/aromatic N) is 2. The van der Waals surface area contributed by atoms with Crippen LogP contribution in [0, 0.1) is 5.92 Å². The summed E-state index contributed by atoms with van der Waals surface area (Å²) in [6, 6.07) is -1.19. The van der Waals surface area contributed by atoms with Crippen LogP contribution in [-0.2, 0) is 47.1 Å². The van der Waals surface area contributed by atoms with Gasteiger partial charge in [-0.3, -0.25) is 14.4 Å². The van der Waals surface area contributed by atoms with Gasteiger partial charge in [-0.2, -0.15) is 0 Å². The van der Waals surface area contributed by atoms with E-state index in [1.165, 1.54) is 11.8 Å². The van der Waals surface area contributed by atoms with Crippen molar-refractivity contribution in [3.63, 3.8) is 0 Å². The minimum absolute atomic E-state index is 0. The van der Waals surface area contributed by atoms with E-state index in [1.54, 1.807) is 6.92 Å². The van der Waals surface area contributed by atoms with Gasteiger partial charge in [0.15, 0.2) is 5.78 Å². The van der Waals surface area contributed by atoms with Gasteiger partial charge in [-0.25, -0.2) is 0 Å². The first kappa shape index (κ1) is 19.8. The molecule has 22 heavy (non-hydrogen) atoms. The number of ketones is 1. The number of rotatable bonds is 5. The molecule has 2 amide bonds. The number of amides is 2. The molecule has 2 radical (unpaired) electrons. The van der Waals surface area contributed by atoms with Crippen molar-refractivity contribution in [2.75, 3.05) is 6.54 Å². The molecule has 6 nitrogen and oxygen atoms in total. The predicted octanol–water partition coefficient (Wildman–Crippen LogP) is 0.304. The van der Waals surface area contributed by atoms with E-state index in [1.807, 2.05) is 6.92 Å². The Balaban J connectivity index is 0.00000242. The molecule has 0 spiro atoms. The molecule has 114 valence electrons. The fraction of sp³-hybridized carbons (Fsp3) is 0.786. The van der Waals surface area contributed by atoms with Crippen LogP contribution < -0.4 is 5.32 Å². The Labute approximate surface area is 157 Å². The maximum absolute atomic E-state index is 12.5. The van der Waals surface area contributed by atoms with E-state index >= 15 is 0 Å². The number of carbonyl (C=O) groups excluding carboxylic acids is 3. The molecule has 8 heteroatoms. The van der Waals surface area contributed by atoms with E-state index < -0.39 is 17.6 Å². The van der Waals surface area contributed by atoms with Crippen molar-refractivity contribution < 1.29 is 47.1 Å². The largest absolute Gasteiger partial charge is 3.00 e. The van der Waals surface area contributed by atoms with Crippen LogP contribution >= 0.6 is 0 Å². The first-order chi connectivity index (χ1) is 9.80. The summed E-state index contributed by atoms with van der Waals surface area (Å²) in [6.45, 7) is 5.61. The van der Waals surface area contributed by atoms with E-state index in [0.29, 0.717) is 25.8 Å². The molecule has 0 bridgehead atoms. The summed E-state index contributed by atoms with van der Waals surface area (Å²) < 4.78 is 0. The van der Waals surface area contributed by atoms with Gasteiger partial charge in [0.25, 0.3) is 0 Å². The van der Waals surface area contributed by atoms with Gasteiger partial charge >= 0.3 is 32.7 Å². The maximum atomic E-state index is 12.5. The summed E-state index contributed by atoms with van der Waals surface area (Å²) in [5, 5.41) is 6.32. The summed E-state index contributed by atoms with van der Waals surface area (Å²) in [4.78, 5) is 37.8. The SMILES string of the molecule is [B][N-]C(C)C(=O)N1CC(C)CC1C(=O)NC1(C(C)=O)CC1.[Y+3]. The van der Waals surface area contributed by atoms with Gasteiger partial charge in [-0.05, 0) is 32.1 Å². The number of likely N-dealkylation sites (tertiary alicyclic amines) is 1. The molecule has 1 aliphatic heterocycles. The zero-order valence-electron chi connectivity index (χ0n) is 13.3. The van der Waals surface area contributed by atoms with Crippen molar-refractivity contribution in [3.8, 4) is 0 Å². The van der Waals surface area contributed by atoms with Gasteiger partial charge in [0.2, 0.25) is 11.8 Å². The monoisotopic (exact) mass is 379 g/mol. The van der Waals surface area contributed by atoms with Crippen LogP contribution in [0.15, 0.2) is 0 Å². The van der Waals surface area contributed by atoms with Gasteiger partial charge in [0, 0.05) is 6.54 Å². The van der Waals surface area contributed by atoms with Crippen LogP contribution in [-0.4, -0.2) is 54.6 Å². The Hall–Kier alpha value is -0.261. The topological polar surface area (TPSA) is 80.6 Å². The van der Waals surface area contributed by atoms with Crippen LogP contribution in [0.1, 0.15) is 40.0 Å². The Bertz CT molecular complexity index is 470. The Morgan fingerprint density at radius 2 is 1.95 bits per heavy atom. The normalized spacial score (nSPS) is 26.8. The van der Waals surface area contributed by atoms with E-state index in [-0.39, 0.29) is 56.2 Å². The van der Waals surface area contributed by atoms with Gasteiger partial charge in [0.1, 0.15) is 6.04 Å². The number of hydrogen-bond acceptors (Lipinski definition) is 3. The van der Waals surface area contributed by atoms with Gasteiger partial charge in [0.05, 0.1) is 5.54 Å². The third kappa shape index (κ3) is 3.98. The number of nitrogens with one attached hydrogen (secondary N) is 1. The average Bonchev–Trinajstić information content (AvgIpc) is 3.12. The molecule has 2 rings (SSSR count). The third-order valence-electron chi connectivity index (χ3n) is 4.46. The Morgan fingerprint density at radius 3 is 2.41 bits per heavy atom. The average molecular weight is 379 g/mol. The van der Waals surface area contributed by atoms with E-state index in [9.17, 15) is 14.4 Å². The molecular formula is C14H21BN3O3Y+2.